The van der Waals surface area contributed by atoms with Crippen LogP contribution in [0.5, 0.6) is 0 Å². The van der Waals surface area contributed by atoms with E-state index in [1.165, 1.54) is 0 Å². The van der Waals surface area contributed by atoms with E-state index in [-0.39, 0.29) is 17.1 Å². The second-order valence-corrected chi connectivity index (χ2v) is 5.77. The maximum atomic E-state index is 6.16. The largest absolute Gasteiger partial charge is 2.00 e. The molecule has 1 heterocycles. The van der Waals surface area contributed by atoms with Crippen molar-refractivity contribution in [2.75, 3.05) is 0 Å². The average molecular weight is 397 g/mol. The molecule has 24 heavy (non-hydrogen) atoms. The van der Waals surface area contributed by atoms with Gasteiger partial charge in [-0.2, -0.15) is 35.4 Å². The molecule has 3 aromatic carbocycles. The summed E-state index contributed by atoms with van der Waals surface area (Å²) in [6.45, 7) is 0. The molecule has 0 saturated carbocycles. The number of H-pyrrole nitrogens is 1. The Hall–Kier alpha value is -1.77. The molecular formula is C19H14Cl2FeN2. The van der Waals surface area contributed by atoms with Gasteiger partial charge in [0.2, 0.25) is 0 Å². The van der Waals surface area contributed by atoms with E-state index in [0.29, 0.717) is 10.0 Å². The van der Waals surface area contributed by atoms with E-state index in [4.69, 9.17) is 23.2 Å². The first kappa shape index (κ1) is 18.6. The van der Waals surface area contributed by atoms with Crippen molar-refractivity contribution in [1.82, 2.24) is 10.2 Å². The second kappa shape index (κ2) is 8.91. The van der Waals surface area contributed by atoms with Crippen LogP contribution in [0, 0.1) is 0 Å². The third kappa shape index (κ3) is 4.62. The topological polar surface area (TPSA) is 28.7 Å². The predicted molar refractivity (Wildman–Crippen MR) is 97.1 cm³/mol. The minimum atomic E-state index is 0. The van der Waals surface area contributed by atoms with Crippen LogP contribution in [0.3, 0.4) is 0 Å². The van der Waals surface area contributed by atoms with Crippen LogP contribution in [0.2, 0.25) is 10.0 Å². The molecule has 0 unspecified atom stereocenters. The monoisotopic (exact) mass is 396 g/mol. The summed E-state index contributed by atoms with van der Waals surface area (Å²) in [6.07, 6.45) is 0. The van der Waals surface area contributed by atoms with Gasteiger partial charge in [-0.25, -0.2) is 12.1 Å². The fourth-order valence-corrected chi connectivity index (χ4v) is 2.68. The van der Waals surface area contributed by atoms with Gasteiger partial charge < -0.3 is 0 Å². The van der Waals surface area contributed by atoms with E-state index < -0.39 is 0 Å². The van der Waals surface area contributed by atoms with Crippen LogP contribution in [-0.2, 0) is 17.1 Å². The number of nitrogens with one attached hydrogen (secondary N) is 1. The van der Waals surface area contributed by atoms with Crippen molar-refractivity contribution >= 4 is 23.2 Å². The Kier molecular flexibility index (Phi) is 6.89. The Morgan fingerprint density at radius 3 is 2.25 bits per heavy atom. The van der Waals surface area contributed by atoms with Crippen molar-refractivity contribution in [1.29, 1.82) is 0 Å². The Bertz CT molecular complexity index is 832. The van der Waals surface area contributed by atoms with Gasteiger partial charge in [-0.3, -0.25) is 5.10 Å². The molecule has 5 heteroatoms. The first-order valence-electron chi connectivity index (χ1n) is 7.13. The third-order valence-corrected chi connectivity index (χ3v) is 3.86. The summed E-state index contributed by atoms with van der Waals surface area (Å²) in [7, 11) is 0. The molecule has 0 amide bonds. The Morgan fingerprint density at radius 2 is 1.67 bits per heavy atom. The van der Waals surface area contributed by atoms with Gasteiger partial charge in [0.1, 0.15) is 0 Å². The summed E-state index contributed by atoms with van der Waals surface area (Å²) < 4.78 is 0. The number of halogens is 2. The van der Waals surface area contributed by atoms with E-state index in [2.05, 4.69) is 10.2 Å². The number of nitrogens with zero attached hydrogens (tertiary/aromatic N) is 1. The summed E-state index contributed by atoms with van der Waals surface area (Å²) in [6, 6.07) is 25.4. The third-order valence-electron chi connectivity index (χ3n) is 3.31. The van der Waals surface area contributed by atoms with Crippen LogP contribution < -0.4 is 0 Å². The average Bonchev–Trinajstić information content (AvgIpc) is 3.30. The van der Waals surface area contributed by atoms with Crippen molar-refractivity contribution in [3.05, 3.63) is 88.9 Å². The first-order valence-corrected chi connectivity index (χ1v) is 7.89. The maximum Gasteiger partial charge on any atom is 2.00 e. The van der Waals surface area contributed by atoms with Gasteiger partial charge in [-0.05, 0) is 17.8 Å². The number of aromatic nitrogens is 2. The van der Waals surface area contributed by atoms with Gasteiger partial charge in [0, 0.05) is 10.6 Å². The molecule has 4 rings (SSSR count). The number of hydrogen-bond donors (Lipinski definition) is 1. The van der Waals surface area contributed by atoms with Crippen molar-refractivity contribution in [3.63, 3.8) is 0 Å². The van der Waals surface area contributed by atoms with Gasteiger partial charge in [0.05, 0.1) is 10.7 Å². The zero-order chi connectivity index (χ0) is 16.1. The van der Waals surface area contributed by atoms with E-state index in [9.17, 15) is 0 Å². The van der Waals surface area contributed by atoms with E-state index in [1.807, 2.05) is 66.7 Å². The molecule has 2 nitrogen and oxygen atoms in total. The van der Waals surface area contributed by atoms with Gasteiger partial charge in [-0.15, -0.1) is 12.1 Å². The molecule has 1 N–H and O–H groups in total. The van der Waals surface area contributed by atoms with Crippen molar-refractivity contribution in [2.45, 2.75) is 0 Å². The van der Waals surface area contributed by atoms with E-state index in [0.717, 1.165) is 22.5 Å². The van der Waals surface area contributed by atoms with Gasteiger partial charge in [0.15, 0.2) is 0 Å². The molecule has 0 saturated heterocycles. The summed E-state index contributed by atoms with van der Waals surface area (Å²) >= 11 is 12.0. The van der Waals surface area contributed by atoms with Gasteiger partial charge in [0.25, 0.3) is 0 Å². The zero-order valence-electron chi connectivity index (χ0n) is 12.6. The van der Waals surface area contributed by atoms with Crippen LogP contribution in [0.1, 0.15) is 0 Å². The molecule has 0 atom stereocenters. The fraction of sp³-hybridized carbons (Fsp3) is 0. The minimum Gasteiger partial charge on any atom is -0.297 e. The molecular weight excluding hydrogens is 383 g/mol. The molecule has 0 bridgehead atoms. The van der Waals surface area contributed by atoms with Crippen molar-refractivity contribution in [3.8, 4) is 22.5 Å². The summed E-state index contributed by atoms with van der Waals surface area (Å²) in [5.41, 5.74) is 3.77. The van der Waals surface area contributed by atoms with Gasteiger partial charge in [-0.1, -0.05) is 40.9 Å². The Balaban J connectivity index is 0.000000300. The smallest absolute Gasteiger partial charge is 0.297 e. The Morgan fingerprint density at radius 1 is 0.958 bits per heavy atom. The number of rotatable bonds is 2. The molecule has 0 aliphatic heterocycles. The Labute approximate surface area is 161 Å². The molecule has 4 aromatic rings. The number of hydrogen-bond acceptors (Lipinski definition) is 1. The van der Waals surface area contributed by atoms with Crippen LogP contribution in [-0.4, -0.2) is 10.2 Å². The van der Waals surface area contributed by atoms with E-state index in [1.54, 1.807) is 12.1 Å². The molecule has 0 aliphatic rings. The van der Waals surface area contributed by atoms with E-state index >= 15 is 0 Å². The summed E-state index contributed by atoms with van der Waals surface area (Å²) in [5.74, 6) is 0. The second-order valence-electron chi connectivity index (χ2n) is 4.93. The molecule has 1 aromatic heterocycles. The number of aromatic amines is 1. The zero-order valence-corrected chi connectivity index (χ0v) is 15.2. The van der Waals surface area contributed by atoms with Gasteiger partial charge >= 0.3 is 17.1 Å². The molecule has 0 fully saturated rings. The van der Waals surface area contributed by atoms with Crippen LogP contribution in [0.4, 0.5) is 0 Å². The maximum absolute atomic E-state index is 6.16. The molecule has 0 spiro atoms. The fourth-order valence-electron chi connectivity index (χ4n) is 2.18. The SMILES string of the molecule is Clc1ccc(-c2cc(-[c-]3cccc3)[nH]n2)c(Cl)c1.[Fe+2].c1cc[cH-]c1. The quantitative estimate of drug-likeness (QED) is 0.318. The predicted octanol–water partition coefficient (Wildman–Crippen LogP) is 6.17. The van der Waals surface area contributed by atoms with Crippen molar-refractivity contribution in [2.24, 2.45) is 0 Å². The van der Waals surface area contributed by atoms with Crippen molar-refractivity contribution < 1.29 is 17.1 Å². The standard InChI is InChI=1S/C14H9Cl2N2.C5H5.Fe/c15-10-5-6-11(12(16)7-10)14-8-13(17-18-14)9-3-1-2-4-9;1-2-4-5-3-1;/h1-8H,(H,17,18);1-5H;/q2*-1;+2. The number of benzene rings is 1. The summed E-state index contributed by atoms with van der Waals surface area (Å²) in [4.78, 5) is 0. The minimum absolute atomic E-state index is 0. The molecule has 0 radical (unpaired) electrons. The molecule has 122 valence electrons. The molecule has 0 aliphatic carbocycles. The van der Waals surface area contributed by atoms with Crippen LogP contribution in [0.25, 0.3) is 22.5 Å². The van der Waals surface area contributed by atoms with Crippen LogP contribution >= 0.6 is 23.2 Å². The summed E-state index contributed by atoms with van der Waals surface area (Å²) in [5, 5.41) is 8.51. The van der Waals surface area contributed by atoms with Crippen LogP contribution in [0.15, 0.2) is 78.9 Å². The normalized spacial score (nSPS) is 9.75. The first-order chi connectivity index (χ1) is 11.2.